The van der Waals surface area contributed by atoms with E-state index in [0.717, 1.165) is 17.9 Å². The number of aromatic nitrogens is 2. The SMILES string of the molecule is Cn1cc(Oc2cccc(CCN)c2)cn1. The summed E-state index contributed by atoms with van der Waals surface area (Å²) in [6, 6.07) is 7.94. The first-order valence-corrected chi connectivity index (χ1v) is 5.23. The molecule has 0 atom stereocenters. The molecule has 1 heterocycles. The van der Waals surface area contributed by atoms with Gasteiger partial charge >= 0.3 is 0 Å². The molecule has 1 aromatic heterocycles. The molecule has 2 aromatic rings. The van der Waals surface area contributed by atoms with Crippen molar-refractivity contribution in [3.05, 3.63) is 42.2 Å². The van der Waals surface area contributed by atoms with Crippen molar-refractivity contribution < 1.29 is 4.74 Å². The Labute approximate surface area is 94.6 Å². The summed E-state index contributed by atoms with van der Waals surface area (Å²) in [5.41, 5.74) is 6.70. The second-order valence-electron chi connectivity index (χ2n) is 3.64. The lowest BCUT2D eigenvalue weighted by atomic mass is 10.1. The number of nitrogens with two attached hydrogens (primary N) is 1. The molecule has 1 aromatic carbocycles. The van der Waals surface area contributed by atoms with Crippen LogP contribution in [-0.2, 0) is 13.5 Å². The number of benzene rings is 1. The molecule has 4 nitrogen and oxygen atoms in total. The highest BCUT2D eigenvalue weighted by Gasteiger charge is 2.00. The van der Waals surface area contributed by atoms with Gasteiger partial charge in [-0.25, -0.2) is 0 Å². The van der Waals surface area contributed by atoms with Gasteiger partial charge in [0.25, 0.3) is 0 Å². The van der Waals surface area contributed by atoms with E-state index in [9.17, 15) is 0 Å². The zero-order valence-electron chi connectivity index (χ0n) is 9.26. The maximum Gasteiger partial charge on any atom is 0.165 e. The molecule has 0 aliphatic rings. The van der Waals surface area contributed by atoms with Crippen LogP contribution in [0.2, 0.25) is 0 Å². The van der Waals surface area contributed by atoms with Crippen LogP contribution in [0.5, 0.6) is 11.5 Å². The molecular weight excluding hydrogens is 202 g/mol. The summed E-state index contributed by atoms with van der Waals surface area (Å²) in [6.07, 6.45) is 4.38. The number of ether oxygens (including phenoxy) is 1. The van der Waals surface area contributed by atoms with Crippen molar-refractivity contribution in [1.29, 1.82) is 0 Å². The zero-order chi connectivity index (χ0) is 11.4. The zero-order valence-corrected chi connectivity index (χ0v) is 9.26. The van der Waals surface area contributed by atoms with Crippen LogP contribution < -0.4 is 10.5 Å². The van der Waals surface area contributed by atoms with Crippen LogP contribution in [0.15, 0.2) is 36.7 Å². The molecule has 0 fully saturated rings. The number of hydrogen-bond donors (Lipinski definition) is 1. The highest BCUT2D eigenvalue weighted by molar-refractivity contribution is 5.32. The first-order chi connectivity index (χ1) is 7.78. The second-order valence-corrected chi connectivity index (χ2v) is 3.64. The van der Waals surface area contributed by atoms with Crippen LogP contribution in [0.3, 0.4) is 0 Å². The Balaban J connectivity index is 2.12. The lowest BCUT2D eigenvalue weighted by Gasteiger charge is -2.04. The Kier molecular flexibility index (Phi) is 3.22. The highest BCUT2D eigenvalue weighted by Crippen LogP contribution is 2.21. The molecule has 0 saturated carbocycles. The molecule has 0 saturated heterocycles. The minimum Gasteiger partial charge on any atom is -0.454 e. The topological polar surface area (TPSA) is 53.1 Å². The van der Waals surface area contributed by atoms with E-state index in [1.807, 2.05) is 37.5 Å². The van der Waals surface area contributed by atoms with Crippen molar-refractivity contribution >= 4 is 0 Å². The standard InChI is InChI=1S/C12H15N3O/c1-15-9-12(8-14-15)16-11-4-2-3-10(7-11)5-6-13/h2-4,7-9H,5-6,13H2,1H3. The van der Waals surface area contributed by atoms with Gasteiger partial charge in [-0.3, -0.25) is 4.68 Å². The third kappa shape index (κ3) is 2.61. The van der Waals surface area contributed by atoms with E-state index in [2.05, 4.69) is 5.10 Å². The Hall–Kier alpha value is -1.81. The van der Waals surface area contributed by atoms with Gasteiger partial charge in [0.05, 0.1) is 12.4 Å². The normalized spacial score (nSPS) is 10.4. The van der Waals surface area contributed by atoms with Gasteiger partial charge < -0.3 is 10.5 Å². The van der Waals surface area contributed by atoms with E-state index < -0.39 is 0 Å². The van der Waals surface area contributed by atoms with E-state index in [0.29, 0.717) is 6.54 Å². The van der Waals surface area contributed by atoms with Gasteiger partial charge in [-0.1, -0.05) is 12.1 Å². The molecule has 0 radical (unpaired) electrons. The lowest BCUT2D eigenvalue weighted by Crippen LogP contribution is -2.02. The van der Waals surface area contributed by atoms with E-state index in [1.165, 1.54) is 5.56 Å². The first-order valence-electron chi connectivity index (χ1n) is 5.23. The Morgan fingerprint density at radius 2 is 2.25 bits per heavy atom. The van der Waals surface area contributed by atoms with Crippen molar-refractivity contribution in [3.8, 4) is 11.5 Å². The smallest absolute Gasteiger partial charge is 0.165 e. The molecule has 0 spiro atoms. The van der Waals surface area contributed by atoms with Gasteiger partial charge in [-0.15, -0.1) is 0 Å². The maximum atomic E-state index is 5.66. The molecule has 4 heteroatoms. The summed E-state index contributed by atoms with van der Waals surface area (Å²) in [7, 11) is 1.86. The number of hydrogen-bond acceptors (Lipinski definition) is 3. The fraction of sp³-hybridized carbons (Fsp3) is 0.250. The monoisotopic (exact) mass is 217 g/mol. The summed E-state index contributed by atoms with van der Waals surface area (Å²) in [4.78, 5) is 0. The van der Waals surface area contributed by atoms with Crippen molar-refractivity contribution in [2.75, 3.05) is 6.54 Å². The average Bonchev–Trinajstić information content (AvgIpc) is 2.65. The molecule has 0 unspecified atom stereocenters. The van der Waals surface area contributed by atoms with Crippen molar-refractivity contribution in [2.24, 2.45) is 12.8 Å². The minimum atomic E-state index is 0.649. The summed E-state index contributed by atoms with van der Waals surface area (Å²) >= 11 is 0. The Bertz CT molecular complexity index is 465. The molecule has 0 aliphatic heterocycles. The van der Waals surface area contributed by atoms with Crippen LogP contribution >= 0.6 is 0 Å². The molecule has 2 rings (SSSR count). The van der Waals surface area contributed by atoms with Crippen LogP contribution in [-0.4, -0.2) is 16.3 Å². The van der Waals surface area contributed by atoms with Gasteiger partial charge in [-0.2, -0.15) is 5.10 Å². The van der Waals surface area contributed by atoms with Crippen LogP contribution in [0, 0.1) is 0 Å². The van der Waals surface area contributed by atoms with Crippen molar-refractivity contribution in [1.82, 2.24) is 9.78 Å². The van der Waals surface area contributed by atoms with Crippen LogP contribution in [0.1, 0.15) is 5.56 Å². The molecule has 16 heavy (non-hydrogen) atoms. The van der Waals surface area contributed by atoms with Crippen LogP contribution in [0.25, 0.3) is 0 Å². The largest absolute Gasteiger partial charge is 0.454 e. The van der Waals surface area contributed by atoms with E-state index in [4.69, 9.17) is 10.5 Å². The quantitative estimate of drug-likeness (QED) is 0.848. The van der Waals surface area contributed by atoms with Gasteiger partial charge in [0.15, 0.2) is 5.75 Å². The van der Waals surface area contributed by atoms with Crippen LogP contribution in [0.4, 0.5) is 0 Å². The Morgan fingerprint density at radius 3 is 2.94 bits per heavy atom. The summed E-state index contributed by atoms with van der Waals surface area (Å²) in [5, 5.41) is 4.04. The summed E-state index contributed by atoms with van der Waals surface area (Å²) < 4.78 is 7.37. The highest BCUT2D eigenvalue weighted by atomic mass is 16.5. The Morgan fingerprint density at radius 1 is 1.38 bits per heavy atom. The predicted octanol–water partition coefficient (Wildman–Crippen LogP) is 1.71. The molecule has 0 amide bonds. The molecule has 2 N–H and O–H groups in total. The number of rotatable bonds is 4. The van der Waals surface area contributed by atoms with Gasteiger partial charge in [0, 0.05) is 7.05 Å². The van der Waals surface area contributed by atoms with Gasteiger partial charge in [0.2, 0.25) is 0 Å². The third-order valence-corrected chi connectivity index (χ3v) is 2.25. The fourth-order valence-corrected chi connectivity index (χ4v) is 1.52. The van der Waals surface area contributed by atoms with E-state index >= 15 is 0 Å². The third-order valence-electron chi connectivity index (χ3n) is 2.25. The van der Waals surface area contributed by atoms with Crippen molar-refractivity contribution in [2.45, 2.75) is 6.42 Å². The predicted molar refractivity (Wildman–Crippen MR) is 62.5 cm³/mol. The summed E-state index contributed by atoms with van der Waals surface area (Å²) in [5.74, 6) is 1.56. The number of nitrogens with zero attached hydrogens (tertiary/aromatic N) is 2. The fourth-order valence-electron chi connectivity index (χ4n) is 1.52. The van der Waals surface area contributed by atoms with Gasteiger partial charge in [-0.05, 0) is 30.7 Å². The second kappa shape index (κ2) is 4.81. The molecular formula is C12H15N3O. The first kappa shape index (κ1) is 10.7. The summed E-state index contributed by atoms with van der Waals surface area (Å²) in [6.45, 7) is 0.649. The molecule has 84 valence electrons. The lowest BCUT2D eigenvalue weighted by molar-refractivity contribution is 0.481. The number of aryl methyl sites for hydroxylation is 1. The van der Waals surface area contributed by atoms with E-state index in [1.54, 1.807) is 10.9 Å². The molecule has 0 aliphatic carbocycles. The van der Waals surface area contributed by atoms with Crippen molar-refractivity contribution in [3.63, 3.8) is 0 Å². The van der Waals surface area contributed by atoms with E-state index in [-0.39, 0.29) is 0 Å². The molecule has 0 bridgehead atoms. The average molecular weight is 217 g/mol. The van der Waals surface area contributed by atoms with Gasteiger partial charge in [0.1, 0.15) is 5.75 Å². The maximum absolute atomic E-state index is 5.66. The minimum absolute atomic E-state index is 0.649.